The predicted octanol–water partition coefficient (Wildman–Crippen LogP) is 1.67. The Morgan fingerprint density at radius 3 is 2.35 bits per heavy atom. The van der Waals surface area contributed by atoms with Crippen LogP contribution in [0.15, 0.2) is 23.1 Å². The smallest absolute Gasteiger partial charge is 0.393 e. The number of esters is 1. The first-order valence-corrected chi connectivity index (χ1v) is 8.82. The van der Waals surface area contributed by atoms with Crippen LogP contribution in [0.25, 0.3) is 0 Å². The minimum absolute atomic E-state index is 0.0852. The number of halogens is 3. The highest BCUT2D eigenvalue weighted by molar-refractivity contribution is 7.89. The summed E-state index contributed by atoms with van der Waals surface area (Å²) in [4.78, 5) is 22.4. The number of hydrogen-bond acceptors (Lipinski definition) is 5. The van der Waals surface area contributed by atoms with Crippen LogP contribution in [0.2, 0.25) is 0 Å². The number of carbonyl (C=O) groups excluding carboxylic acids is 1. The summed E-state index contributed by atoms with van der Waals surface area (Å²) in [6, 6.07) is 3.65. The Kier molecular flexibility index (Phi) is 5.34. The van der Waals surface area contributed by atoms with Crippen molar-refractivity contribution in [3.8, 4) is 0 Å². The lowest BCUT2D eigenvalue weighted by Gasteiger charge is -2.19. The summed E-state index contributed by atoms with van der Waals surface area (Å²) in [6.45, 7) is -0.381. The zero-order valence-electron chi connectivity index (χ0n) is 13.8. The van der Waals surface area contributed by atoms with E-state index in [9.17, 15) is 31.2 Å². The molecule has 0 amide bonds. The summed E-state index contributed by atoms with van der Waals surface area (Å²) in [5.74, 6) is -6.72. The molecule has 0 aliphatic carbocycles. The Morgan fingerprint density at radius 1 is 1.27 bits per heavy atom. The van der Waals surface area contributed by atoms with Crippen LogP contribution >= 0.6 is 0 Å². The van der Waals surface area contributed by atoms with Gasteiger partial charge in [-0.05, 0) is 24.6 Å². The Morgan fingerprint density at radius 2 is 1.88 bits per heavy atom. The molecule has 144 valence electrons. The standard InChI is InChI=1S/C15H16F3NO6S/c1-8-3-4-9(14(22)25-2)5-12(8)26(23,24)19-6-10(13(20)21)11(7-19)15(16,17)18/h3-5,10-11H,6-7H2,1-2H3,(H,20,21)/t10-,11-/m1/s1. The van der Waals surface area contributed by atoms with Gasteiger partial charge in [0, 0.05) is 13.1 Å². The largest absolute Gasteiger partial charge is 0.481 e. The summed E-state index contributed by atoms with van der Waals surface area (Å²) in [7, 11) is -3.33. The van der Waals surface area contributed by atoms with E-state index in [0.717, 1.165) is 13.2 Å². The second kappa shape index (κ2) is 6.88. The van der Waals surface area contributed by atoms with Crippen LogP contribution in [-0.2, 0) is 19.6 Å². The first-order valence-electron chi connectivity index (χ1n) is 7.38. The molecule has 0 saturated carbocycles. The van der Waals surface area contributed by atoms with Gasteiger partial charge in [0.1, 0.15) is 0 Å². The van der Waals surface area contributed by atoms with E-state index < -0.39 is 53.1 Å². The van der Waals surface area contributed by atoms with Gasteiger partial charge in [-0.1, -0.05) is 6.07 Å². The number of nitrogens with zero attached hydrogens (tertiary/aromatic N) is 1. The van der Waals surface area contributed by atoms with Gasteiger partial charge in [-0.3, -0.25) is 4.79 Å². The topological polar surface area (TPSA) is 101 Å². The van der Waals surface area contributed by atoms with Gasteiger partial charge in [0.15, 0.2) is 0 Å². The molecule has 0 bridgehead atoms. The highest BCUT2D eigenvalue weighted by Crippen LogP contribution is 2.40. The van der Waals surface area contributed by atoms with Crippen LogP contribution in [0.4, 0.5) is 13.2 Å². The van der Waals surface area contributed by atoms with Crippen LogP contribution < -0.4 is 0 Å². The number of aryl methyl sites for hydroxylation is 1. The molecule has 1 aromatic carbocycles. The first kappa shape index (κ1) is 20.2. The average Bonchev–Trinajstić information content (AvgIpc) is 3.01. The maximum absolute atomic E-state index is 13.1. The number of aliphatic carboxylic acids is 1. The molecular formula is C15H16F3NO6S. The van der Waals surface area contributed by atoms with E-state index >= 15 is 0 Å². The van der Waals surface area contributed by atoms with Gasteiger partial charge < -0.3 is 9.84 Å². The van der Waals surface area contributed by atoms with Gasteiger partial charge in [-0.2, -0.15) is 17.5 Å². The molecule has 0 aromatic heterocycles. The fraction of sp³-hybridized carbons (Fsp3) is 0.467. The van der Waals surface area contributed by atoms with Gasteiger partial charge in [0.2, 0.25) is 10.0 Å². The maximum atomic E-state index is 13.1. The zero-order chi connectivity index (χ0) is 19.9. The second-order valence-electron chi connectivity index (χ2n) is 5.89. The minimum Gasteiger partial charge on any atom is -0.481 e. The maximum Gasteiger partial charge on any atom is 0.393 e. The van der Waals surface area contributed by atoms with Crippen molar-refractivity contribution >= 4 is 22.0 Å². The number of methoxy groups -OCH3 is 1. The van der Waals surface area contributed by atoms with Crippen LogP contribution in [0.3, 0.4) is 0 Å². The first-order chi connectivity index (χ1) is 11.9. The molecule has 2 rings (SSSR count). The molecule has 1 saturated heterocycles. The lowest BCUT2D eigenvalue weighted by atomic mass is 9.96. The number of carboxylic acids is 1. The molecule has 7 nitrogen and oxygen atoms in total. The zero-order valence-corrected chi connectivity index (χ0v) is 14.6. The Hall–Kier alpha value is -2.14. The van der Waals surface area contributed by atoms with Crippen LogP contribution in [0, 0.1) is 18.8 Å². The van der Waals surface area contributed by atoms with E-state index in [1.807, 2.05) is 0 Å². The van der Waals surface area contributed by atoms with Gasteiger partial charge in [0.05, 0.1) is 29.4 Å². The minimum atomic E-state index is -4.85. The highest BCUT2D eigenvalue weighted by Gasteiger charge is 2.55. The molecule has 0 spiro atoms. The molecule has 11 heteroatoms. The van der Waals surface area contributed by atoms with Crippen molar-refractivity contribution in [2.45, 2.75) is 18.0 Å². The quantitative estimate of drug-likeness (QED) is 0.779. The van der Waals surface area contributed by atoms with Crippen LogP contribution in [0.1, 0.15) is 15.9 Å². The number of rotatable bonds is 4. The van der Waals surface area contributed by atoms with Crippen molar-refractivity contribution in [1.29, 1.82) is 0 Å². The highest BCUT2D eigenvalue weighted by atomic mass is 32.2. The van der Waals surface area contributed by atoms with Crippen LogP contribution in [0.5, 0.6) is 0 Å². The molecule has 1 aromatic rings. The summed E-state index contributed by atoms with van der Waals surface area (Å²) in [5, 5.41) is 9.02. The molecule has 26 heavy (non-hydrogen) atoms. The van der Waals surface area contributed by atoms with Crippen LogP contribution in [-0.4, -0.2) is 56.1 Å². The number of hydrogen-bond donors (Lipinski definition) is 1. The molecule has 1 aliphatic heterocycles. The van der Waals surface area contributed by atoms with Crippen molar-refractivity contribution in [1.82, 2.24) is 4.31 Å². The Labute approximate surface area is 147 Å². The number of alkyl halides is 3. The Bertz CT molecular complexity index is 836. The molecule has 1 fully saturated rings. The van der Waals surface area contributed by atoms with E-state index in [0.29, 0.717) is 4.31 Å². The fourth-order valence-electron chi connectivity index (χ4n) is 2.81. The lowest BCUT2D eigenvalue weighted by molar-refractivity contribution is -0.187. The van der Waals surface area contributed by atoms with Crippen molar-refractivity contribution in [3.05, 3.63) is 29.3 Å². The lowest BCUT2D eigenvalue weighted by Crippen LogP contribution is -2.34. The monoisotopic (exact) mass is 395 g/mol. The van der Waals surface area contributed by atoms with Gasteiger partial charge >= 0.3 is 18.1 Å². The normalized spacial score (nSPS) is 21.6. The molecule has 1 N–H and O–H groups in total. The summed E-state index contributed by atoms with van der Waals surface area (Å²) < 4.78 is 69.8. The SMILES string of the molecule is COC(=O)c1ccc(C)c(S(=O)(=O)N2C[C@@H](C(F)(F)F)[C@H](C(=O)O)C2)c1. The number of sulfonamides is 1. The van der Waals surface area contributed by atoms with Gasteiger partial charge in [-0.25, -0.2) is 13.2 Å². The molecule has 0 radical (unpaired) electrons. The van der Waals surface area contributed by atoms with E-state index in [2.05, 4.69) is 4.74 Å². The van der Waals surface area contributed by atoms with Crippen molar-refractivity contribution in [3.63, 3.8) is 0 Å². The third-order valence-electron chi connectivity index (χ3n) is 4.25. The van der Waals surface area contributed by atoms with Gasteiger partial charge in [0.25, 0.3) is 0 Å². The second-order valence-corrected chi connectivity index (χ2v) is 7.79. The van der Waals surface area contributed by atoms with E-state index in [1.165, 1.54) is 19.1 Å². The molecule has 0 unspecified atom stereocenters. The number of carboxylic acid groups (broad SMARTS) is 1. The third-order valence-corrected chi connectivity index (χ3v) is 6.22. The molecular weight excluding hydrogens is 379 g/mol. The third kappa shape index (κ3) is 3.68. The molecule has 1 aliphatic rings. The number of benzene rings is 1. The van der Waals surface area contributed by atoms with Gasteiger partial charge in [-0.15, -0.1) is 0 Å². The van der Waals surface area contributed by atoms with Crippen molar-refractivity contribution in [2.24, 2.45) is 11.8 Å². The molecule has 2 atom stereocenters. The molecule has 1 heterocycles. The van der Waals surface area contributed by atoms with Crippen molar-refractivity contribution in [2.75, 3.05) is 20.2 Å². The van der Waals surface area contributed by atoms with Crippen molar-refractivity contribution < 1.29 is 41.0 Å². The summed E-state index contributed by atoms with van der Waals surface area (Å²) in [5.41, 5.74) is 0.123. The predicted molar refractivity (Wildman–Crippen MR) is 81.9 cm³/mol. The number of carbonyl (C=O) groups is 2. The summed E-state index contributed by atoms with van der Waals surface area (Å²) in [6.07, 6.45) is -4.85. The fourth-order valence-corrected chi connectivity index (χ4v) is 4.55. The van der Waals surface area contributed by atoms with E-state index in [4.69, 9.17) is 5.11 Å². The Balaban J connectivity index is 2.45. The number of ether oxygens (including phenoxy) is 1. The summed E-state index contributed by atoms with van der Waals surface area (Å²) >= 11 is 0. The van der Waals surface area contributed by atoms with E-state index in [-0.39, 0.29) is 16.0 Å². The van der Waals surface area contributed by atoms with E-state index in [1.54, 1.807) is 0 Å². The average molecular weight is 395 g/mol.